The summed E-state index contributed by atoms with van der Waals surface area (Å²) in [6.07, 6.45) is -0.217. The van der Waals surface area contributed by atoms with Gasteiger partial charge in [0.05, 0.1) is 29.0 Å². The van der Waals surface area contributed by atoms with Crippen LogP contribution in [-0.2, 0) is 16.0 Å². The van der Waals surface area contributed by atoms with Crippen LogP contribution in [0.5, 0.6) is 0 Å². The molecule has 0 bridgehead atoms. The molecule has 0 unspecified atom stereocenters. The molecule has 6 nitrogen and oxygen atoms in total. The molecule has 17 heavy (non-hydrogen) atoms. The average molecular weight is 255 g/mol. The van der Waals surface area contributed by atoms with E-state index in [0.717, 1.165) is 12.1 Å². The third-order valence-corrected chi connectivity index (χ3v) is 2.47. The summed E-state index contributed by atoms with van der Waals surface area (Å²) < 4.78 is 4.43. The molecule has 0 spiro atoms. The highest BCUT2D eigenvalue weighted by atomic mass is 35.5. The number of hydrogen-bond donors (Lipinski definition) is 0. The number of hydrogen-bond acceptors (Lipinski definition) is 5. The molecule has 0 aliphatic carbocycles. The first-order valence-corrected chi connectivity index (χ1v) is 4.81. The zero-order chi connectivity index (χ0) is 13.0. The number of benzene rings is 1. The van der Waals surface area contributed by atoms with Crippen molar-refractivity contribution < 1.29 is 14.5 Å². The van der Waals surface area contributed by atoms with Gasteiger partial charge in [0.15, 0.2) is 0 Å². The molecule has 0 amide bonds. The van der Waals surface area contributed by atoms with E-state index in [-0.39, 0.29) is 28.3 Å². The number of halogens is 1. The number of nitro groups is 1. The average Bonchev–Trinajstić information content (AvgIpc) is 2.31. The number of nitro benzene ring substituents is 1. The fourth-order valence-electron chi connectivity index (χ4n) is 1.21. The lowest BCUT2D eigenvalue weighted by Gasteiger charge is -2.04. The van der Waals surface area contributed by atoms with E-state index in [1.807, 2.05) is 0 Å². The van der Waals surface area contributed by atoms with Crippen LogP contribution in [0.3, 0.4) is 0 Å². The molecule has 0 heterocycles. The van der Waals surface area contributed by atoms with E-state index >= 15 is 0 Å². The maximum absolute atomic E-state index is 11.1. The first-order chi connectivity index (χ1) is 7.99. The van der Waals surface area contributed by atoms with Gasteiger partial charge in [-0.2, -0.15) is 5.26 Å². The Morgan fingerprint density at radius 2 is 2.29 bits per heavy atom. The first kappa shape index (κ1) is 12.9. The third kappa shape index (κ3) is 2.92. The van der Waals surface area contributed by atoms with E-state index in [2.05, 4.69) is 4.74 Å². The molecule has 1 aromatic carbocycles. The van der Waals surface area contributed by atoms with Gasteiger partial charge in [-0.1, -0.05) is 11.6 Å². The van der Waals surface area contributed by atoms with Crippen LogP contribution in [-0.4, -0.2) is 18.0 Å². The van der Waals surface area contributed by atoms with E-state index in [4.69, 9.17) is 16.9 Å². The van der Waals surface area contributed by atoms with Crippen LogP contribution in [0, 0.1) is 21.4 Å². The highest BCUT2D eigenvalue weighted by molar-refractivity contribution is 6.32. The number of carbonyl (C=O) groups is 1. The van der Waals surface area contributed by atoms with Gasteiger partial charge < -0.3 is 4.74 Å². The molecule has 0 aromatic heterocycles. The fourth-order valence-corrected chi connectivity index (χ4v) is 1.43. The Kier molecular flexibility index (Phi) is 4.01. The molecule has 0 saturated carbocycles. The van der Waals surface area contributed by atoms with Crippen molar-refractivity contribution in [3.63, 3.8) is 0 Å². The number of ether oxygens (including phenoxy) is 1. The number of nitrogens with zero attached hydrogens (tertiary/aromatic N) is 2. The molecule has 1 rings (SSSR count). The summed E-state index contributed by atoms with van der Waals surface area (Å²) in [6, 6.07) is 3.95. The van der Waals surface area contributed by atoms with Crippen molar-refractivity contribution >= 4 is 23.3 Å². The van der Waals surface area contributed by atoms with E-state index < -0.39 is 10.9 Å². The van der Waals surface area contributed by atoms with Crippen LogP contribution in [0.25, 0.3) is 0 Å². The second-order valence-corrected chi connectivity index (χ2v) is 3.47. The number of carbonyl (C=O) groups excluding carboxylic acids is 1. The summed E-state index contributed by atoms with van der Waals surface area (Å²) in [5.74, 6) is -0.587. The van der Waals surface area contributed by atoms with Gasteiger partial charge in [0, 0.05) is 12.1 Å². The molecular weight excluding hydrogens is 248 g/mol. The van der Waals surface area contributed by atoms with Crippen LogP contribution in [0.1, 0.15) is 11.1 Å². The molecule has 1 aromatic rings. The largest absolute Gasteiger partial charge is 0.469 e. The molecule has 0 aliphatic heterocycles. The molecule has 88 valence electrons. The van der Waals surface area contributed by atoms with Crippen LogP contribution in [0.2, 0.25) is 5.02 Å². The van der Waals surface area contributed by atoms with Crippen LogP contribution in [0.4, 0.5) is 5.69 Å². The van der Waals surface area contributed by atoms with Crippen LogP contribution < -0.4 is 0 Å². The predicted octanol–water partition coefficient (Wildman–Crippen LogP) is 1.84. The Hall–Kier alpha value is -2.13. The normalized spacial score (nSPS) is 9.47. The van der Waals surface area contributed by atoms with Gasteiger partial charge in [-0.3, -0.25) is 14.9 Å². The Labute approximate surface area is 102 Å². The summed E-state index contributed by atoms with van der Waals surface area (Å²) in [6.45, 7) is 0. The van der Waals surface area contributed by atoms with Crippen LogP contribution in [0.15, 0.2) is 12.1 Å². The summed E-state index contributed by atoms with van der Waals surface area (Å²) in [5, 5.41) is 19.4. The van der Waals surface area contributed by atoms with Crippen molar-refractivity contribution in [2.24, 2.45) is 0 Å². The molecule has 0 atom stereocenters. The molecule has 0 saturated heterocycles. The topological polar surface area (TPSA) is 93.2 Å². The minimum atomic E-state index is -0.655. The minimum absolute atomic E-state index is 0.0310. The highest BCUT2D eigenvalue weighted by Gasteiger charge is 2.17. The van der Waals surface area contributed by atoms with Crippen molar-refractivity contribution in [1.29, 1.82) is 5.26 Å². The van der Waals surface area contributed by atoms with E-state index in [0.29, 0.717) is 0 Å². The summed E-state index contributed by atoms with van der Waals surface area (Å²) in [4.78, 5) is 21.1. The molecule has 0 N–H and O–H groups in total. The minimum Gasteiger partial charge on any atom is -0.469 e. The zero-order valence-corrected chi connectivity index (χ0v) is 9.52. The first-order valence-electron chi connectivity index (χ1n) is 4.43. The zero-order valence-electron chi connectivity index (χ0n) is 8.77. The van der Waals surface area contributed by atoms with Gasteiger partial charge in [-0.15, -0.1) is 0 Å². The van der Waals surface area contributed by atoms with Crippen LogP contribution >= 0.6 is 11.6 Å². The number of nitriles is 1. The lowest BCUT2D eigenvalue weighted by molar-refractivity contribution is -0.384. The number of esters is 1. The maximum atomic E-state index is 11.1. The highest BCUT2D eigenvalue weighted by Crippen LogP contribution is 2.27. The van der Waals surface area contributed by atoms with E-state index in [1.54, 1.807) is 6.07 Å². The molecular formula is C10H7ClN2O4. The molecule has 0 aliphatic rings. The second kappa shape index (κ2) is 5.27. The standard InChI is InChI=1S/C10H7ClN2O4/c1-17-9(14)4-6-2-8(13(15)16)3-7(5-12)10(6)11/h2-3H,4H2,1H3. The van der Waals surface area contributed by atoms with Crippen molar-refractivity contribution in [2.45, 2.75) is 6.42 Å². The third-order valence-electron chi connectivity index (χ3n) is 2.03. The summed E-state index contributed by atoms with van der Waals surface area (Å²) in [7, 11) is 1.19. The number of rotatable bonds is 3. The quantitative estimate of drug-likeness (QED) is 0.466. The maximum Gasteiger partial charge on any atom is 0.310 e. The Balaban J connectivity index is 3.28. The lowest BCUT2D eigenvalue weighted by atomic mass is 10.1. The van der Waals surface area contributed by atoms with Crippen molar-refractivity contribution in [2.75, 3.05) is 7.11 Å². The summed E-state index contributed by atoms with van der Waals surface area (Å²) >= 11 is 5.83. The summed E-state index contributed by atoms with van der Waals surface area (Å²) in [5.41, 5.74) is -0.131. The Bertz CT molecular complexity index is 522. The van der Waals surface area contributed by atoms with Gasteiger partial charge in [-0.25, -0.2) is 0 Å². The second-order valence-electron chi connectivity index (χ2n) is 3.09. The fraction of sp³-hybridized carbons (Fsp3) is 0.200. The van der Waals surface area contributed by atoms with E-state index in [9.17, 15) is 14.9 Å². The van der Waals surface area contributed by atoms with Gasteiger partial charge in [-0.05, 0) is 5.56 Å². The Morgan fingerprint density at radius 1 is 1.65 bits per heavy atom. The van der Waals surface area contributed by atoms with Gasteiger partial charge in [0.1, 0.15) is 6.07 Å². The van der Waals surface area contributed by atoms with Crippen molar-refractivity contribution in [3.05, 3.63) is 38.4 Å². The smallest absolute Gasteiger partial charge is 0.310 e. The lowest BCUT2D eigenvalue weighted by Crippen LogP contribution is -2.06. The SMILES string of the molecule is COC(=O)Cc1cc([N+](=O)[O-])cc(C#N)c1Cl. The van der Waals surface area contributed by atoms with Gasteiger partial charge in [0.25, 0.3) is 5.69 Å². The monoisotopic (exact) mass is 254 g/mol. The van der Waals surface area contributed by atoms with Crippen molar-refractivity contribution in [3.8, 4) is 6.07 Å². The number of non-ortho nitro benzene ring substituents is 1. The molecule has 0 radical (unpaired) electrons. The Morgan fingerprint density at radius 3 is 2.76 bits per heavy atom. The molecule has 0 fully saturated rings. The van der Waals surface area contributed by atoms with Gasteiger partial charge in [0.2, 0.25) is 0 Å². The predicted molar refractivity (Wildman–Crippen MR) is 58.5 cm³/mol. The van der Waals surface area contributed by atoms with Gasteiger partial charge >= 0.3 is 5.97 Å². The number of methoxy groups -OCH3 is 1. The molecule has 7 heteroatoms. The van der Waals surface area contributed by atoms with E-state index in [1.165, 1.54) is 7.11 Å². The van der Waals surface area contributed by atoms with Crippen molar-refractivity contribution in [1.82, 2.24) is 0 Å².